The Hall–Kier alpha value is -1.53. The third kappa shape index (κ3) is 2.74. The Kier molecular flexibility index (Phi) is 3.82. The first-order valence-electron chi connectivity index (χ1n) is 6.86. The normalized spacial score (nSPS) is 23.1. The number of hydrogen-bond donors (Lipinski definition) is 0. The predicted molar refractivity (Wildman–Crippen MR) is 79.3 cm³/mol. The van der Waals surface area contributed by atoms with Crippen LogP contribution in [-0.2, 0) is 0 Å². The largest absolute Gasteiger partial charge is 0.363 e. The van der Waals surface area contributed by atoms with Crippen molar-refractivity contribution in [3.05, 3.63) is 29.8 Å². The van der Waals surface area contributed by atoms with Crippen LogP contribution in [0.15, 0.2) is 24.3 Å². The standard InChI is InChI=1S/C16H23N3/c1-13-7-5-6-8-15(13)19-11-14(9-10-17)18(4)12-16(19,2)3/h5-8,14H,9,11-12H2,1-4H3. The summed E-state index contributed by atoms with van der Waals surface area (Å²) in [6, 6.07) is 11.1. The summed E-state index contributed by atoms with van der Waals surface area (Å²) < 4.78 is 0. The van der Waals surface area contributed by atoms with Gasteiger partial charge in [0.15, 0.2) is 0 Å². The molecule has 0 radical (unpaired) electrons. The van der Waals surface area contributed by atoms with Crippen molar-refractivity contribution in [2.24, 2.45) is 0 Å². The molecule has 0 saturated carbocycles. The van der Waals surface area contributed by atoms with Crippen LogP contribution in [0.4, 0.5) is 5.69 Å². The molecule has 2 rings (SSSR count). The summed E-state index contributed by atoms with van der Waals surface area (Å²) in [4.78, 5) is 4.78. The molecule has 1 fully saturated rings. The molecule has 19 heavy (non-hydrogen) atoms. The fraction of sp³-hybridized carbons (Fsp3) is 0.562. The molecular weight excluding hydrogens is 234 g/mol. The average Bonchev–Trinajstić information content (AvgIpc) is 2.33. The highest BCUT2D eigenvalue weighted by molar-refractivity contribution is 5.55. The summed E-state index contributed by atoms with van der Waals surface area (Å²) >= 11 is 0. The minimum absolute atomic E-state index is 0.0901. The molecule has 3 heteroatoms. The van der Waals surface area contributed by atoms with Crippen molar-refractivity contribution in [2.45, 2.75) is 38.8 Å². The molecule has 1 aliphatic heterocycles. The summed E-state index contributed by atoms with van der Waals surface area (Å²) in [7, 11) is 2.12. The first kappa shape index (κ1) is 13.9. The number of rotatable bonds is 2. The molecule has 102 valence electrons. The molecule has 1 aromatic rings. The topological polar surface area (TPSA) is 30.3 Å². The van der Waals surface area contributed by atoms with Crippen LogP contribution < -0.4 is 4.90 Å². The van der Waals surface area contributed by atoms with Crippen LogP contribution in [0.2, 0.25) is 0 Å². The molecule has 0 aliphatic carbocycles. The second-order valence-corrected chi connectivity index (χ2v) is 6.14. The van der Waals surface area contributed by atoms with E-state index in [0.29, 0.717) is 12.5 Å². The highest BCUT2D eigenvalue weighted by atomic mass is 15.3. The second kappa shape index (κ2) is 5.22. The van der Waals surface area contributed by atoms with Gasteiger partial charge in [0.1, 0.15) is 0 Å². The van der Waals surface area contributed by atoms with Gasteiger partial charge in [-0.2, -0.15) is 5.26 Å². The number of aryl methyl sites for hydroxylation is 1. The van der Waals surface area contributed by atoms with E-state index in [1.54, 1.807) is 0 Å². The first-order chi connectivity index (χ1) is 8.95. The maximum atomic E-state index is 8.98. The zero-order chi connectivity index (χ0) is 14.0. The minimum Gasteiger partial charge on any atom is -0.363 e. The van der Waals surface area contributed by atoms with Gasteiger partial charge in [0, 0.05) is 30.4 Å². The Morgan fingerprint density at radius 3 is 2.68 bits per heavy atom. The summed E-state index contributed by atoms with van der Waals surface area (Å²) in [6.07, 6.45) is 0.592. The zero-order valence-corrected chi connectivity index (χ0v) is 12.3. The maximum absolute atomic E-state index is 8.98. The predicted octanol–water partition coefficient (Wildman–Crippen LogP) is 2.81. The number of nitrogens with zero attached hydrogens (tertiary/aromatic N) is 3. The summed E-state index contributed by atoms with van der Waals surface area (Å²) in [5.74, 6) is 0. The van der Waals surface area contributed by atoms with Crippen molar-refractivity contribution >= 4 is 5.69 Å². The van der Waals surface area contributed by atoms with Crippen LogP contribution in [0.5, 0.6) is 0 Å². The lowest BCUT2D eigenvalue weighted by Gasteiger charge is -2.51. The zero-order valence-electron chi connectivity index (χ0n) is 12.3. The van der Waals surface area contributed by atoms with E-state index in [-0.39, 0.29) is 5.54 Å². The molecule has 1 unspecified atom stereocenters. The fourth-order valence-electron chi connectivity index (χ4n) is 3.04. The Bertz CT molecular complexity index is 487. The van der Waals surface area contributed by atoms with Gasteiger partial charge in [0.25, 0.3) is 0 Å². The number of para-hydroxylation sites is 1. The van der Waals surface area contributed by atoms with Gasteiger partial charge in [0.05, 0.1) is 12.5 Å². The number of benzene rings is 1. The average molecular weight is 257 g/mol. The highest BCUT2D eigenvalue weighted by Gasteiger charge is 2.37. The third-order valence-corrected chi connectivity index (χ3v) is 4.12. The van der Waals surface area contributed by atoms with E-state index >= 15 is 0 Å². The van der Waals surface area contributed by atoms with Gasteiger partial charge >= 0.3 is 0 Å². The van der Waals surface area contributed by atoms with Gasteiger partial charge in [-0.25, -0.2) is 0 Å². The molecule has 1 aliphatic rings. The Morgan fingerprint density at radius 2 is 2.05 bits per heavy atom. The molecule has 1 atom stereocenters. The van der Waals surface area contributed by atoms with Gasteiger partial charge < -0.3 is 4.90 Å². The molecular formula is C16H23N3. The van der Waals surface area contributed by atoms with Crippen molar-refractivity contribution < 1.29 is 0 Å². The molecule has 0 amide bonds. The van der Waals surface area contributed by atoms with E-state index in [0.717, 1.165) is 13.1 Å². The van der Waals surface area contributed by atoms with Crippen molar-refractivity contribution in [3.8, 4) is 6.07 Å². The van der Waals surface area contributed by atoms with Gasteiger partial charge in [-0.15, -0.1) is 0 Å². The van der Waals surface area contributed by atoms with E-state index in [9.17, 15) is 0 Å². The molecule has 0 N–H and O–H groups in total. The van der Waals surface area contributed by atoms with E-state index < -0.39 is 0 Å². The monoisotopic (exact) mass is 257 g/mol. The van der Waals surface area contributed by atoms with Crippen molar-refractivity contribution in [1.29, 1.82) is 5.26 Å². The van der Waals surface area contributed by atoms with Crippen molar-refractivity contribution in [1.82, 2.24) is 4.90 Å². The lowest BCUT2D eigenvalue weighted by molar-refractivity contribution is 0.153. The van der Waals surface area contributed by atoms with E-state index in [1.807, 2.05) is 0 Å². The molecule has 1 aromatic carbocycles. The van der Waals surface area contributed by atoms with Gasteiger partial charge in [-0.3, -0.25) is 4.90 Å². The molecule has 0 aromatic heterocycles. The minimum atomic E-state index is 0.0901. The summed E-state index contributed by atoms with van der Waals surface area (Å²) in [6.45, 7) is 8.61. The number of likely N-dealkylation sites (N-methyl/N-ethyl adjacent to an activating group) is 1. The number of anilines is 1. The van der Waals surface area contributed by atoms with Crippen molar-refractivity contribution in [3.63, 3.8) is 0 Å². The first-order valence-corrected chi connectivity index (χ1v) is 6.86. The highest BCUT2D eigenvalue weighted by Crippen LogP contribution is 2.32. The van der Waals surface area contributed by atoms with Gasteiger partial charge in [-0.1, -0.05) is 18.2 Å². The molecule has 1 heterocycles. The lowest BCUT2D eigenvalue weighted by atomic mass is 9.93. The van der Waals surface area contributed by atoms with E-state index in [2.05, 4.69) is 68.0 Å². The smallest absolute Gasteiger partial charge is 0.0638 e. The van der Waals surface area contributed by atoms with Crippen LogP contribution in [0.1, 0.15) is 25.8 Å². The number of hydrogen-bond acceptors (Lipinski definition) is 3. The second-order valence-electron chi connectivity index (χ2n) is 6.14. The Labute approximate surface area is 116 Å². The van der Waals surface area contributed by atoms with Crippen LogP contribution in [0.25, 0.3) is 0 Å². The molecule has 0 bridgehead atoms. The van der Waals surface area contributed by atoms with Gasteiger partial charge in [0.2, 0.25) is 0 Å². The SMILES string of the molecule is Cc1ccccc1N1CC(CC#N)N(C)CC1(C)C. The van der Waals surface area contributed by atoms with Crippen LogP contribution in [-0.4, -0.2) is 36.6 Å². The Balaban J connectivity index is 2.32. The molecule has 1 saturated heterocycles. The Morgan fingerprint density at radius 1 is 1.37 bits per heavy atom. The molecule has 0 spiro atoms. The third-order valence-electron chi connectivity index (χ3n) is 4.12. The quantitative estimate of drug-likeness (QED) is 0.816. The fourth-order valence-corrected chi connectivity index (χ4v) is 3.04. The van der Waals surface area contributed by atoms with E-state index in [4.69, 9.17) is 5.26 Å². The number of nitriles is 1. The van der Waals surface area contributed by atoms with Gasteiger partial charge in [-0.05, 0) is 39.4 Å². The van der Waals surface area contributed by atoms with Crippen LogP contribution in [0.3, 0.4) is 0 Å². The molecule has 3 nitrogen and oxygen atoms in total. The maximum Gasteiger partial charge on any atom is 0.0638 e. The summed E-state index contributed by atoms with van der Waals surface area (Å²) in [5.41, 5.74) is 2.69. The lowest BCUT2D eigenvalue weighted by Crippen LogP contribution is -2.62. The number of piperazine rings is 1. The van der Waals surface area contributed by atoms with Crippen LogP contribution >= 0.6 is 0 Å². The van der Waals surface area contributed by atoms with Crippen LogP contribution in [0, 0.1) is 18.3 Å². The van der Waals surface area contributed by atoms with Crippen molar-refractivity contribution in [2.75, 3.05) is 25.0 Å². The summed E-state index contributed by atoms with van der Waals surface area (Å²) in [5, 5.41) is 8.98. The van der Waals surface area contributed by atoms with E-state index in [1.165, 1.54) is 11.3 Å².